The molecule has 8 nitrogen and oxygen atoms in total. The van der Waals surface area contributed by atoms with Gasteiger partial charge in [-0.25, -0.2) is 4.98 Å². The molecule has 1 aliphatic heterocycles. The molecule has 0 bridgehead atoms. The van der Waals surface area contributed by atoms with Crippen molar-refractivity contribution in [1.29, 1.82) is 0 Å². The number of rotatable bonds is 12. The van der Waals surface area contributed by atoms with Crippen LogP contribution >= 0.6 is 11.5 Å². The maximum atomic E-state index is 12.5. The molecule has 3 heterocycles. The first-order valence-electron chi connectivity index (χ1n) is 11.9. The van der Waals surface area contributed by atoms with Gasteiger partial charge in [-0.15, -0.1) is 0 Å². The molecule has 1 amide bonds. The van der Waals surface area contributed by atoms with E-state index >= 15 is 0 Å². The molecule has 0 saturated carbocycles. The molecule has 0 aliphatic carbocycles. The van der Waals surface area contributed by atoms with Crippen LogP contribution in [0.4, 0.5) is 5.13 Å². The number of hydrogen-bond acceptors (Lipinski definition) is 8. The molecule has 1 aromatic carbocycles. The number of likely N-dealkylation sites (tertiary alicyclic amines) is 1. The van der Waals surface area contributed by atoms with Crippen molar-refractivity contribution in [1.82, 2.24) is 19.6 Å². The molecule has 0 spiro atoms. The summed E-state index contributed by atoms with van der Waals surface area (Å²) in [7, 11) is 1.66. The number of carbonyl (C=O) groups excluding carboxylic acids is 1. The number of ether oxygens (including phenoxy) is 1. The maximum Gasteiger partial charge on any atom is 0.221 e. The van der Waals surface area contributed by atoms with Gasteiger partial charge < -0.3 is 24.3 Å². The Morgan fingerprint density at radius 2 is 2.12 bits per heavy atom. The topological polar surface area (TPSA) is 83.7 Å². The predicted molar refractivity (Wildman–Crippen MR) is 133 cm³/mol. The summed E-state index contributed by atoms with van der Waals surface area (Å²) >= 11 is 1.35. The van der Waals surface area contributed by atoms with Gasteiger partial charge in [-0.3, -0.25) is 4.79 Å². The molecule has 1 saturated heterocycles. The summed E-state index contributed by atoms with van der Waals surface area (Å²) in [5.41, 5.74) is 1.09. The van der Waals surface area contributed by atoms with Gasteiger partial charge >= 0.3 is 0 Å². The highest BCUT2D eigenvalue weighted by atomic mass is 32.1. The van der Waals surface area contributed by atoms with Crippen molar-refractivity contribution in [2.24, 2.45) is 0 Å². The molecular formula is C25H33N5O3S. The zero-order valence-corrected chi connectivity index (χ0v) is 20.6. The second-order valence-electron chi connectivity index (χ2n) is 8.52. The van der Waals surface area contributed by atoms with Crippen LogP contribution in [-0.2, 0) is 17.8 Å². The molecule has 0 atom stereocenters. The van der Waals surface area contributed by atoms with Crippen molar-refractivity contribution >= 4 is 22.6 Å². The second kappa shape index (κ2) is 12.5. The Morgan fingerprint density at radius 1 is 1.24 bits per heavy atom. The highest BCUT2D eigenvalue weighted by Crippen LogP contribution is 2.23. The summed E-state index contributed by atoms with van der Waals surface area (Å²) in [5.74, 6) is 2.46. The van der Waals surface area contributed by atoms with E-state index in [-0.39, 0.29) is 5.91 Å². The zero-order chi connectivity index (χ0) is 23.6. The van der Waals surface area contributed by atoms with Gasteiger partial charge in [-0.1, -0.05) is 18.6 Å². The van der Waals surface area contributed by atoms with Crippen LogP contribution in [0.3, 0.4) is 0 Å². The molecule has 0 unspecified atom stereocenters. The second-order valence-corrected chi connectivity index (χ2v) is 9.25. The van der Waals surface area contributed by atoms with Gasteiger partial charge in [0, 0.05) is 44.0 Å². The average Bonchev–Trinajstić information content (AvgIpc) is 3.55. The number of methoxy groups -OCH3 is 1. The number of carbonyl (C=O) groups is 1. The number of aromatic nitrogens is 2. The normalized spacial score (nSPS) is 14.1. The summed E-state index contributed by atoms with van der Waals surface area (Å²) in [6, 6.07) is 11.7. The summed E-state index contributed by atoms with van der Waals surface area (Å²) < 4.78 is 15.4. The monoisotopic (exact) mass is 483 g/mol. The van der Waals surface area contributed by atoms with E-state index in [1.807, 2.05) is 36.4 Å². The van der Waals surface area contributed by atoms with Crippen LogP contribution in [-0.4, -0.2) is 60.0 Å². The molecule has 4 rings (SSSR count). The fourth-order valence-corrected chi connectivity index (χ4v) is 4.81. The summed E-state index contributed by atoms with van der Waals surface area (Å²) in [5, 5.41) is 3.86. The van der Waals surface area contributed by atoms with Crippen molar-refractivity contribution in [3.63, 3.8) is 0 Å². The van der Waals surface area contributed by atoms with Crippen molar-refractivity contribution in [3.05, 3.63) is 59.8 Å². The molecule has 1 fully saturated rings. The Bertz CT molecular complexity index is 1020. The Labute approximate surface area is 205 Å². The van der Waals surface area contributed by atoms with E-state index in [0.29, 0.717) is 32.5 Å². The van der Waals surface area contributed by atoms with Crippen LogP contribution < -0.4 is 15.0 Å². The fraction of sp³-hybridized carbons (Fsp3) is 0.480. The fourth-order valence-electron chi connectivity index (χ4n) is 4.10. The average molecular weight is 484 g/mol. The van der Waals surface area contributed by atoms with Gasteiger partial charge in [0.1, 0.15) is 17.3 Å². The number of piperidine rings is 1. The first-order valence-corrected chi connectivity index (χ1v) is 12.7. The number of hydrogen-bond donors (Lipinski definition) is 1. The SMILES string of the molecule is COc1cccc(Cc2nsc(N(CCC(=O)NCCN3CCCCC3)Cc3ccco3)n2)c1. The number of furan rings is 1. The Morgan fingerprint density at radius 3 is 2.91 bits per heavy atom. The first kappa shape index (κ1) is 24.2. The predicted octanol–water partition coefficient (Wildman–Crippen LogP) is 3.73. The van der Waals surface area contributed by atoms with Crippen LogP contribution in [0, 0.1) is 0 Å². The number of benzene rings is 1. The van der Waals surface area contributed by atoms with Crippen LogP contribution in [0.2, 0.25) is 0 Å². The Hall–Kier alpha value is -2.91. The van der Waals surface area contributed by atoms with E-state index in [2.05, 4.69) is 19.5 Å². The van der Waals surface area contributed by atoms with Crippen LogP contribution in [0.25, 0.3) is 0 Å². The van der Waals surface area contributed by atoms with Gasteiger partial charge in [0.05, 0.1) is 19.9 Å². The maximum absolute atomic E-state index is 12.5. The van der Waals surface area contributed by atoms with Crippen molar-refractivity contribution in [2.45, 2.75) is 38.6 Å². The van der Waals surface area contributed by atoms with Crippen molar-refractivity contribution < 1.29 is 13.9 Å². The molecule has 3 aromatic rings. The Kier molecular flexibility index (Phi) is 8.92. The van der Waals surface area contributed by atoms with Crippen LogP contribution in [0.5, 0.6) is 5.75 Å². The molecule has 0 radical (unpaired) electrons. The summed E-state index contributed by atoms with van der Waals surface area (Å²) in [6.45, 7) is 4.99. The number of anilines is 1. The number of nitrogens with zero attached hydrogens (tertiary/aromatic N) is 4. The van der Waals surface area contributed by atoms with E-state index in [4.69, 9.17) is 14.1 Å². The van der Waals surface area contributed by atoms with Gasteiger partial charge in [0.15, 0.2) is 0 Å². The minimum absolute atomic E-state index is 0.0579. The van der Waals surface area contributed by atoms with E-state index in [0.717, 1.165) is 47.7 Å². The first-order chi connectivity index (χ1) is 16.7. The minimum atomic E-state index is 0.0579. The lowest BCUT2D eigenvalue weighted by Crippen LogP contribution is -2.38. The minimum Gasteiger partial charge on any atom is -0.497 e. The van der Waals surface area contributed by atoms with E-state index < -0.39 is 0 Å². The van der Waals surface area contributed by atoms with Gasteiger partial charge in [-0.05, 0) is 55.8 Å². The third-order valence-electron chi connectivity index (χ3n) is 5.96. The summed E-state index contributed by atoms with van der Waals surface area (Å²) in [4.78, 5) is 21.8. The lowest BCUT2D eigenvalue weighted by molar-refractivity contribution is -0.120. The number of nitrogens with one attached hydrogen (secondary N) is 1. The standard InChI is InChI=1S/C25H33N5O3S/c1-32-21-8-5-7-20(17-21)18-23-27-25(34-28-23)30(19-22-9-6-16-33-22)14-10-24(31)26-11-15-29-12-3-2-4-13-29/h5-9,16-17H,2-4,10-15,18-19H2,1H3,(H,26,31). The van der Waals surface area contributed by atoms with E-state index in [9.17, 15) is 4.79 Å². The van der Waals surface area contributed by atoms with Crippen molar-refractivity contribution in [2.75, 3.05) is 44.7 Å². The molecule has 182 valence electrons. The molecule has 9 heteroatoms. The molecule has 1 aliphatic rings. The van der Waals surface area contributed by atoms with E-state index in [1.54, 1.807) is 13.4 Å². The molecular weight excluding hydrogens is 450 g/mol. The Balaban J connectivity index is 1.32. The molecule has 1 N–H and O–H groups in total. The largest absolute Gasteiger partial charge is 0.497 e. The highest BCUT2D eigenvalue weighted by molar-refractivity contribution is 7.09. The van der Waals surface area contributed by atoms with Crippen molar-refractivity contribution in [3.8, 4) is 5.75 Å². The molecule has 2 aromatic heterocycles. The van der Waals surface area contributed by atoms with Gasteiger partial charge in [0.25, 0.3) is 0 Å². The van der Waals surface area contributed by atoms with Gasteiger partial charge in [-0.2, -0.15) is 4.37 Å². The molecule has 34 heavy (non-hydrogen) atoms. The third kappa shape index (κ3) is 7.30. The van der Waals surface area contributed by atoms with Crippen LogP contribution in [0.15, 0.2) is 47.1 Å². The lowest BCUT2D eigenvalue weighted by Gasteiger charge is -2.26. The quantitative estimate of drug-likeness (QED) is 0.420. The highest BCUT2D eigenvalue weighted by Gasteiger charge is 2.17. The van der Waals surface area contributed by atoms with E-state index in [1.165, 1.54) is 30.8 Å². The summed E-state index contributed by atoms with van der Waals surface area (Å²) in [6.07, 6.45) is 6.52. The number of amides is 1. The lowest BCUT2D eigenvalue weighted by atomic mass is 10.1. The van der Waals surface area contributed by atoms with Crippen LogP contribution in [0.1, 0.15) is 42.8 Å². The third-order valence-corrected chi connectivity index (χ3v) is 6.77. The smallest absolute Gasteiger partial charge is 0.221 e. The zero-order valence-electron chi connectivity index (χ0n) is 19.7. The van der Waals surface area contributed by atoms with Gasteiger partial charge in [0.2, 0.25) is 11.0 Å².